The number of rotatable bonds is 12. The number of nitrogens with one attached hydrogen (secondary N) is 3. The molecule has 25 nitrogen and oxygen atoms in total. The Morgan fingerprint density at radius 3 is 1.76 bits per heavy atom. The maximum atomic E-state index is 15.5. The number of piperidine rings is 1. The normalized spacial score (nSPS) is 29.8. The van der Waals surface area contributed by atoms with Gasteiger partial charge in [0, 0.05) is 75.4 Å². The summed E-state index contributed by atoms with van der Waals surface area (Å²) in [5, 5.41) is 19.9. The van der Waals surface area contributed by atoms with Crippen molar-refractivity contribution in [2.75, 3.05) is 88.6 Å². The van der Waals surface area contributed by atoms with Crippen molar-refractivity contribution >= 4 is 70.9 Å². The van der Waals surface area contributed by atoms with Crippen molar-refractivity contribution in [3.8, 4) is 0 Å². The molecule has 29 heteroatoms. The summed E-state index contributed by atoms with van der Waals surface area (Å²) in [6.07, 6.45) is -2.31. The fraction of sp³-hybridized carbons (Fsp3) is 0.831. The van der Waals surface area contributed by atoms with Crippen LogP contribution in [0, 0.1) is 35.5 Å². The standard InChI is InChI=1S/C71H116F4N12O13/c1-14-45(6)61-68(99)81(9)41-59(91)79(7)42-60(92)83(11)55(36-46-23-17-15-18-24-46)65(96)80(8)40-57(89)76-51(28-26-47-25-27-49(50(72)35-47)71(73,74)75)64(95)87-39-48(88)37-53(87)63(94)78-70(29-19-20-30-70)69(100)85(13)54(34-44(4)5)66(97)84(12)56(67(98)86-31-21-16-22-32-86)38-58(90)82(10)52(33-43(2)3)62(93)77-61/h43-56,61,88H,14-42H2,1-13H3,(H,76,89)(H,77,93)(H,78,94)/t45-,47?,48+,49?,50?,51-,52-,53-,54-,55-,56-,61-/m0/s1. The minimum Gasteiger partial charge on any atom is -0.391 e. The highest BCUT2D eigenvalue weighted by molar-refractivity contribution is 6.00. The summed E-state index contributed by atoms with van der Waals surface area (Å²) in [6.45, 7) is 9.44. The molecule has 100 heavy (non-hydrogen) atoms. The molecule has 6 fully saturated rings. The van der Waals surface area contributed by atoms with Gasteiger partial charge in [-0.1, -0.05) is 92.9 Å². The van der Waals surface area contributed by atoms with Crippen LogP contribution in [0.4, 0.5) is 17.6 Å². The van der Waals surface area contributed by atoms with Crippen LogP contribution in [-0.4, -0.2) is 275 Å². The SMILES string of the molecule is CC[C@H](C)[C@@H]1NC(=O)[C@H](CC(C)C)N(C)C(=O)C[C@@H](C(=O)N2CCCCC2)N(C)C(=O)[C@H](CC(C)C)N(C)C(=O)C2(CCCC2)NC(=O)[C@@H]2C[C@@H](O)CN2C(=O)[C@H](CCC2CCC(C(F)(F)F)C(F)C2)NC(=O)CN(C)C(=O)[C@H](CC2CCCCC2)N(C)C(=O)CN(C)C(=O)CN(C)C1=O. The van der Waals surface area contributed by atoms with Crippen molar-refractivity contribution < 1.29 is 80.2 Å². The highest BCUT2D eigenvalue weighted by Crippen LogP contribution is 2.43. The van der Waals surface area contributed by atoms with Crippen molar-refractivity contribution in [1.82, 2.24) is 60.0 Å². The molecule has 0 bridgehead atoms. The van der Waals surface area contributed by atoms with E-state index in [4.69, 9.17) is 0 Å². The van der Waals surface area contributed by atoms with Gasteiger partial charge in [0.05, 0.1) is 38.1 Å². The molecule has 12 atom stereocenters. The first-order chi connectivity index (χ1) is 46.9. The molecule has 3 unspecified atom stereocenters. The number of likely N-dealkylation sites (tertiary alicyclic amines) is 1. The summed E-state index contributed by atoms with van der Waals surface area (Å²) in [5.41, 5.74) is -1.68. The molecule has 566 valence electrons. The minimum atomic E-state index is -4.78. The number of aliphatic hydroxyl groups is 1. The van der Waals surface area contributed by atoms with Gasteiger partial charge in [-0.15, -0.1) is 0 Å². The Kier molecular flexibility index (Phi) is 30.0. The van der Waals surface area contributed by atoms with Crippen LogP contribution in [0.2, 0.25) is 0 Å². The van der Waals surface area contributed by atoms with E-state index in [0.717, 1.165) is 58.1 Å². The average molecular weight is 1420 g/mol. The number of alkyl halides is 4. The number of halogens is 4. The Balaban J connectivity index is 1.42. The molecule has 1 spiro atoms. The lowest BCUT2D eigenvalue weighted by atomic mass is 9.78. The van der Waals surface area contributed by atoms with Crippen LogP contribution < -0.4 is 16.0 Å². The third kappa shape index (κ3) is 21.2. The molecule has 0 radical (unpaired) electrons. The molecule has 3 aliphatic heterocycles. The van der Waals surface area contributed by atoms with E-state index in [1.807, 2.05) is 34.6 Å². The summed E-state index contributed by atoms with van der Waals surface area (Å²) in [5.74, 6) is -12.3. The van der Waals surface area contributed by atoms with Crippen molar-refractivity contribution in [2.24, 2.45) is 35.5 Å². The maximum absolute atomic E-state index is 15.5. The first-order valence-electron chi connectivity index (χ1n) is 36.6. The minimum absolute atomic E-state index is 0.00784. The van der Waals surface area contributed by atoms with Gasteiger partial charge in [0.25, 0.3) is 0 Å². The van der Waals surface area contributed by atoms with E-state index in [-0.39, 0.29) is 75.5 Å². The fourth-order valence-electron chi connectivity index (χ4n) is 15.6. The molecule has 0 aromatic rings. The van der Waals surface area contributed by atoms with Gasteiger partial charge in [-0.25, -0.2) is 4.39 Å². The number of hydrogen-bond acceptors (Lipinski definition) is 13. The average Bonchev–Trinajstić information content (AvgIpc) is 1.51. The predicted octanol–water partition coefficient (Wildman–Crippen LogP) is 4.65. The van der Waals surface area contributed by atoms with E-state index in [1.54, 1.807) is 11.8 Å². The topological polar surface area (TPSA) is 290 Å². The first-order valence-corrected chi connectivity index (χ1v) is 36.6. The number of likely N-dealkylation sites (N-methyl/N-ethyl adjacent to an activating group) is 7. The number of carbonyl (C=O) groups excluding carboxylic acids is 12. The molecule has 3 saturated heterocycles. The zero-order chi connectivity index (χ0) is 74.4. The summed E-state index contributed by atoms with van der Waals surface area (Å²) in [6, 6.07) is -9.32. The zero-order valence-corrected chi connectivity index (χ0v) is 61.5. The number of amides is 12. The van der Waals surface area contributed by atoms with Crippen LogP contribution in [0.15, 0.2) is 0 Å². The van der Waals surface area contributed by atoms with Crippen LogP contribution in [0.25, 0.3) is 0 Å². The second-order valence-corrected chi connectivity index (χ2v) is 30.8. The molecule has 3 saturated carbocycles. The number of aliphatic hydroxyl groups excluding tert-OH is 1. The van der Waals surface area contributed by atoms with Crippen LogP contribution >= 0.6 is 0 Å². The van der Waals surface area contributed by atoms with Crippen molar-refractivity contribution in [3.63, 3.8) is 0 Å². The van der Waals surface area contributed by atoms with Crippen LogP contribution in [-0.2, 0) is 57.5 Å². The highest BCUT2D eigenvalue weighted by Gasteiger charge is 2.52. The lowest BCUT2D eigenvalue weighted by Gasteiger charge is -2.41. The fourth-order valence-corrected chi connectivity index (χ4v) is 15.6. The zero-order valence-electron chi connectivity index (χ0n) is 61.5. The smallest absolute Gasteiger partial charge is 0.391 e. The molecule has 12 amide bonds. The van der Waals surface area contributed by atoms with E-state index in [1.165, 1.54) is 68.9 Å². The first kappa shape index (κ1) is 82.3. The molecular weight excluding hydrogens is 1300 g/mol. The van der Waals surface area contributed by atoms with Crippen molar-refractivity contribution in [1.29, 1.82) is 0 Å². The molecule has 0 aromatic carbocycles. The Morgan fingerprint density at radius 1 is 0.590 bits per heavy atom. The number of nitrogens with zero attached hydrogens (tertiary/aromatic N) is 9. The molecule has 0 aromatic heterocycles. The largest absolute Gasteiger partial charge is 0.394 e. The van der Waals surface area contributed by atoms with Gasteiger partial charge in [-0.3, -0.25) is 57.5 Å². The van der Waals surface area contributed by atoms with Crippen LogP contribution in [0.3, 0.4) is 0 Å². The van der Waals surface area contributed by atoms with E-state index in [0.29, 0.717) is 45.2 Å². The predicted molar refractivity (Wildman–Crippen MR) is 364 cm³/mol. The Morgan fingerprint density at radius 2 is 1.17 bits per heavy atom. The molecule has 3 heterocycles. The van der Waals surface area contributed by atoms with E-state index in [2.05, 4.69) is 16.0 Å². The van der Waals surface area contributed by atoms with Crippen LogP contribution in [0.5, 0.6) is 0 Å². The monoisotopic (exact) mass is 1420 g/mol. The second kappa shape index (κ2) is 36.5. The lowest BCUT2D eigenvalue weighted by Crippen LogP contribution is -2.64. The van der Waals surface area contributed by atoms with E-state index < -0.39 is 200 Å². The number of fused-ring (bicyclic) bond motifs is 1. The summed E-state index contributed by atoms with van der Waals surface area (Å²) in [4.78, 5) is 189. The van der Waals surface area contributed by atoms with Gasteiger partial charge in [-0.05, 0) is 113 Å². The van der Waals surface area contributed by atoms with Gasteiger partial charge in [-0.2, -0.15) is 13.2 Å². The second-order valence-electron chi connectivity index (χ2n) is 30.8. The molecule has 6 aliphatic rings. The number of carbonyl (C=O) groups is 12. The summed E-state index contributed by atoms with van der Waals surface area (Å²) in [7, 11) is 9.72. The molecule has 4 N–H and O–H groups in total. The maximum Gasteiger partial charge on any atom is 0.394 e. The van der Waals surface area contributed by atoms with Gasteiger partial charge in [0.15, 0.2) is 0 Å². The molecule has 6 rings (SSSR count). The third-order valence-electron chi connectivity index (χ3n) is 22.2. The quantitative estimate of drug-likeness (QED) is 0.194. The number of hydrogen-bond donors (Lipinski definition) is 4. The van der Waals surface area contributed by atoms with Crippen LogP contribution in [0.1, 0.15) is 189 Å². The summed E-state index contributed by atoms with van der Waals surface area (Å²) < 4.78 is 56.8. The summed E-state index contributed by atoms with van der Waals surface area (Å²) >= 11 is 0. The Hall–Kier alpha value is -6.68. The Labute approximate surface area is 588 Å². The van der Waals surface area contributed by atoms with Crippen molar-refractivity contribution in [3.05, 3.63) is 0 Å². The van der Waals surface area contributed by atoms with Gasteiger partial charge < -0.3 is 65.2 Å². The Bertz CT molecular complexity index is 2890. The van der Waals surface area contributed by atoms with E-state index in [9.17, 15) is 56.6 Å². The highest BCUT2D eigenvalue weighted by atomic mass is 19.4. The van der Waals surface area contributed by atoms with Gasteiger partial charge >= 0.3 is 6.18 Å². The van der Waals surface area contributed by atoms with Gasteiger partial charge in [0.1, 0.15) is 54.0 Å². The van der Waals surface area contributed by atoms with Gasteiger partial charge in [0.2, 0.25) is 70.9 Å². The third-order valence-corrected chi connectivity index (χ3v) is 22.2. The lowest BCUT2D eigenvalue weighted by molar-refractivity contribution is -0.201. The van der Waals surface area contributed by atoms with Crippen molar-refractivity contribution in [2.45, 2.75) is 256 Å². The molecular formula is C71H116F4N12O13. The van der Waals surface area contributed by atoms with E-state index >= 15 is 23.6 Å². The molecule has 3 aliphatic carbocycles.